The van der Waals surface area contributed by atoms with E-state index in [1.807, 2.05) is 0 Å². The lowest BCUT2D eigenvalue weighted by Gasteiger charge is -2.45. The number of nitrogens with one attached hydrogen (secondary N) is 1. The minimum absolute atomic E-state index is 0.771. The molecule has 0 amide bonds. The zero-order valence-electron chi connectivity index (χ0n) is 14.0. The summed E-state index contributed by atoms with van der Waals surface area (Å²) in [5, 5.41) is 3.90. The topological polar surface area (TPSA) is 15.3 Å². The lowest BCUT2D eigenvalue weighted by atomic mass is 9.82. The third kappa shape index (κ3) is 4.46. The maximum Gasteiger partial charge on any atom is 0.0224 e. The predicted molar refractivity (Wildman–Crippen MR) is 88.1 cm³/mol. The zero-order valence-corrected chi connectivity index (χ0v) is 14.0. The Hall–Kier alpha value is -0.0800. The van der Waals surface area contributed by atoms with Crippen LogP contribution in [0.2, 0.25) is 0 Å². The molecule has 0 aromatic heterocycles. The molecule has 1 saturated carbocycles. The molecular weight excluding hydrogens is 244 g/mol. The fraction of sp³-hybridized carbons (Fsp3) is 1.00. The number of hydrogen-bond donors (Lipinski definition) is 1. The Kier molecular flexibility index (Phi) is 6.83. The van der Waals surface area contributed by atoms with Crippen LogP contribution in [0.1, 0.15) is 72.1 Å². The van der Waals surface area contributed by atoms with E-state index < -0.39 is 0 Å². The third-order valence-corrected chi connectivity index (χ3v) is 5.65. The van der Waals surface area contributed by atoms with Gasteiger partial charge in [-0.05, 0) is 31.1 Å². The van der Waals surface area contributed by atoms with Crippen LogP contribution in [-0.2, 0) is 0 Å². The molecule has 1 saturated heterocycles. The number of hydrogen-bond acceptors (Lipinski definition) is 2. The molecule has 20 heavy (non-hydrogen) atoms. The summed E-state index contributed by atoms with van der Waals surface area (Å²) in [5.74, 6) is 1.80. The van der Waals surface area contributed by atoms with E-state index in [-0.39, 0.29) is 0 Å². The van der Waals surface area contributed by atoms with Crippen LogP contribution in [-0.4, -0.2) is 36.6 Å². The van der Waals surface area contributed by atoms with E-state index in [9.17, 15) is 0 Å². The summed E-state index contributed by atoms with van der Waals surface area (Å²) in [5.41, 5.74) is 0. The van der Waals surface area contributed by atoms with Gasteiger partial charge in [0.25, 0.3) is 0 Å². The highest BCUT2D eigenvalue weighted by molar-refractivity contribution is 4.90. The van der Waals surface area contributed by atoms with E-state index >= 15 is 0 Å². The van der Waals surface area contributed by atoms with Crippen molar-refractivity contribution in [3.63, 3.8) is 0 Å². The monoisotopic (exact) mass is 280 g/mol. The Morgan fingerprint density at radius 1 is 1.15 bits per heavy atom. The summed E-state index contributed by atoms with van der Waals surface area (Å²) in [6.07, 6.45) is 11.3. The highest BCUT2D eigenvalue weighted by Crippen LogP contribution is 2.29. The molecule has 2 rings (SSSR count). The SMILES string of the molecule is CCCC1CNC(C2CCCCC2)CN1CC(C)CC. The van der Waals surface area contributed by atoms with Gasteiger partial charge in [-0.1, -0.05) is 52.9 Å². The Labute approximate surface area is 126 Å². The van der Waals surface area contributed by atoms with Gasteiger partial charge in [-0.25, -0.2) is 0 Å². The van der Waals surface area contributed by atoms with Gasteiger partial charge in [-0.3, -0.25) is 4.90 Å². The van der Waals surface area contributed by atoms with Crippen molar-refractivity contribution in [2.24, 2.45) is 11.8 Å². The Morgan fingerprint density at radius 2 is 1.90 bits per heavy atom. The highest BCUT2D eigenvalue weighted by atomic mass is 15.2. The summed E-state index contributed by atoms with van der Waals surface area (Å²) in [7, 11) is 0. The van der Waals surface area contributed by atoms with Crippen molar-refractivity contribution < 1.29 is 0 Å². The molecule has 0 aromatic carbocycles. The summed E-state index contributed by atoms with van der Waals surface area (Å²) in [6, 6.07) is 1.56. The van der Waals surface area contributed by atoms with Crippen molar-refractivity contribution >= 4 is 0 Å². The molecular formula is C18H36N2. The first-order chi connectivity index (χ1) is 9.74. The molecule has 2 heteroatoms. The van der Waals surface area contributed by atoms with Crippen molar-refractivity contribution in [3.05, 3.63) is 0 Å². The second-order valence-electron chi connectivity index (χ2n) is 7.32. The van der Waals surface area contributed by atoms with Crippen molar-refractivity contribution in [3.8, 4) is 0 Å². The third-order valence-electron chi connectivity index (χ3n) is 5.65. The molecule has 0 aromatic rings. The van der Waals surface area contributed by atoms with Crippen LogP contribution >= 0.6 is 0 Å². The van der Waals surface area contributed by atoms with Gasteiger partial charge in [0.15, 0.2) is 0 Å². The molecule has 1 heterocycles. The Bertz CT molecular complexity index is 260. The quantitative estimate of drug-likeness (QED) is 0.789. The smallest absolute Gasteiger partial charge is 0.0224 e. The van der Waals surface area contributed by atoms with Crippen LogP contribution in [0.3, 0.4) is 0 Å². The zero-order chi connectivity index (χ0) is 14.4. The molecule has 1 aliphatic carbocycles. The fourth-order valence-electron chi connectivity index (χ4n) is 4.11. The van der Waals surface area contributed by atoms with Crippen LogP contribution in [0.5, 0.6) is 0 Å². The van der Waals surface area contributed by atoms with E-state index in [0.717, 1.165) is 23.9 Å². The van der Waals surface area contributed by atoms with E-state index in [4.69, 9.17) is 0 Å². The molecule has 2 aliphatic rings. The molecule has 1 aliphatic heterocycles. The highest BCUT2D eigenvalue weighted by Gasteiger charge is 2.32. The van der Waals surface area contributed by atoms with Gasteiger partial charge >= 0.3 is 0 Å². The molecule has 0 spiro atoms. The number of rotatable bonds is 6. The van der Waals surface area contributed by atoms with Crippen LogP contribution in [0.4, 0.5) is 0 Å². The Balaban J connectivity index is 1.91. The summed E-state index contributed by atoms with van der Waals surface area (Å²) in [4.78, 5) is 2.83. The lowest BCUT2D eigenvalue weighted by Crippen LogP contribution is -2.59. The maximum atomic E-state index is 3.90. The van der Waals surface area contributed by atoms with E-state index in [0.29, 0.717) is 0 Å². The molecule has 2 fully saturated rings. The molecule has 3 unspecified atom stereocenters. The van der Waals surface area contributed by atoms with Gasteiger partial charge in [-0.15, -0.1) is 0 Å². The first kappa shape index (κ1) is 16.3. The molecule has 0 bridgehead atoms. The molecule has 2 nitrogen and oxygen atoms in total. The van der Waals surface area contributed by atoms with Crippen LogP contribution < -0.4 is 5.32 Å². The van der Waals surface area contributed by atoms with Crippen molar-refractivity contribution in [2.45, 2.75) is 84.2 Å². The van der Waals surface area contributed by atoms with Crippen LogP contribution in [0.25, 0.3) is 0 Å². The van der Waals surface area contributed by atoms with Crippen molar-refractivity contribution in [1.82, 2.24) is 10.2 Å². The minimum atomic E-state index is 0.771. The average molecular weight is 280 g/mol. The normalized spacial score (nSPS) is 31.4. The van der Waals surface area contributed by atoms with Crippen LogP contribution in [0.15, 0.2) is 0 Å². The number of piperazine rings is 1. The van der Waals surface area contributed by atoms with E-state index in [1.54, 1.807) is 0 Å². The van der Waals surface area contributed by atoms with Gasteiger partial charge < -0.3 is 5.32 Å². The largest absolute Gasteiger partial charge is 0.311 e. The number of nitrogens with zero attached hydrogens (tertiary/aromatic N) is 1. The summed E-state index contributed by atoms with van der Waals surface area (Å²) >= 11 is 0. The average Bonchev–Trinajstić information content (AvgIpc) is 2.50. The standard InChI is InChI=1S/C18H36N2/c1-4-9-17-12-19-18(16-10-7-6-8-11-16)14-20(17)13-15(3)5-2/h15-19H,4-14H2,1-3H3. The predicted octanol–water partition coefficient (Wildman–Crippen LogP) is 4.06. The first-order valence-corrected chi connectivity index (χ1v) is 9.22. The summed E-state index contributed by atoms with van der Waals surface area (Å²) in [6.45, 7) is 10.9. The van der Waals surface area contributed by atoms with Crippen LogP contribution in [0, 0.1) is 11.8 Å². The molecule has 118 valence electrons. The Morgan fingerprint density at radius 3 is 2.55 bits per heavy atom. The first-order valence-electron chi connectivity index (χ1n) is 9.22. The second kappa shape index (κ2) is 8.38. The lowest BCUT2D eigenvalue weighted by molar-refractivity contribution is 0.0780. The van der Waals surface area contributed by atoms with E-state index in [2.05, 4.69) is 31.0 Å². The summed E-state index contributed by atoms with van der Waals surface area (Å²) < 4.78 is 0. The second-order valence-corrected chi connectivity index (χ2v) is 7.32. The molecule has 1 N–H and O–H groups in total. The van der Waals surface area contributed by atoms with Crippen molar-refractivity contribution in [2.75, 3.05) is 19.6 Å². The minimum Gasteiger partial charge on any atom is -0.311 e. The fourth-order valence-corrected chi connectivity index (χ4v) is 4.11. The van der Waals surface area contributed by atoms with E-state index in [1.165, 1.54) is 71.0 Å². The van der Waals surface area contributed by atoms with Gasteiger partial charge in [0.05, 0.1) is 0 Å². The van der Waals surface area contributed by atoms with Gasteiger partial charge in [-0.2, -0.15) is 0 Å². The molecule has 0 radical (unpaired) electrons. The van der Waals surface area contributed by atoms with Gasteiger partial charge in [0, 0.05) is 31.7 Å². The van der Waals surface area contributed by atoms with Crippen molar-refractivity contribution in [1.29, 1.82) is 0 Å². The van der Waals surface area contributed by atoms with Gasteiger partial charge in [0.1, 0.15) is 0 Å². The van der Waals surface area contributed by atoms with Gasteiger partial charge in [0.2, 0.25) is 0 Å². The maximum absolute atomic E-state index is 3.90. The molecule has 3 atom stereocenters.